The van der Waals surface area contributed by atoms with Gasteiger partial charge < -0.3 is 11.1 Å². The summed E-state index contributed by atoms with van der Waals surface area (Å²) in [4.78, 5) is 35.8. The van der Waals surface area contributed by atoms with Gasteiger partial charge in [-0.25, -0.2) is 4.79 Å². The van der Waals surface area contributed by atoms with E-state index in [2.05, 4.69) is 33.2 Å². The van der Waals surface area contributed by atoms with Gasteiger partial charge in [-0.1, -0.05) is 30.2 Å². The highest BCUT2D eigenvalue weighted by Gasteiger charge is 2.22. The van der Waals surface area contributed by atoms with Crippen LogP contribution in [-0.4, -0.2) is 35.8 Å². The summed E-state index contributed by atoms with van der Waals surface area (Å²) in [6, 6.07) is 9.54. The van der Waals surface area contributed by atoms with Crippen molar-refractivity contribution >= 4 is 27.9 Å². The second-order valence-corrected chi connectivity index (χ2v) is 8.97. The van der Waals surface area contributed by atoms with Crippen LogP contribution in [-0.2, 0) is 20.1 Å². The first-order chi connectivity index (χ1) is 16.7. The van der Waals surface area contributed by atoms with E-state index in [1.165, 1.54) is 4.57 Å². The van der Waals surface area contributed by atoms with Crippen molar-refractivity contribution < 1.29 is 0 Å². The normalized spacial score (nSPS) is 11.3. The first kappa shape index (κ1) is 23.7. The van der Waals surface area contributed by atoms with E-state index in [-0.39, 0.29) is 24.3 Å². The number of pyridine rings is 1. The number of benzene rings is 1. The van der Waals surface area contributed by atoms with Crippen LogP contribution in [0.3, 0.4) is 0 Å². The third-order valence-corrected chi connectivity index (χ3v) is 5.65. The molecule has 1 aromatic carbocycles. The van der Waals surface area contributed by atoms with Gasteiger partial charge in [-0.2, -0.15) is 10.2 Å². The highest BCUT2D eigenvalue weighted by atomic mass is 16.2. The van der Waals surface area contributed by atoms with Crippen molar-refractivity contribution in [3.63, 3.8) is 0 Å². The minimum Gasteiger partial charge on any atom is -0.354 e. The molecule has 178 valence electrons. The second kappa shape index (κ2) is 9.09. The molecule has 10 nitrogen and oxygen atoms in total. The standard InChI is InChI=1S/C25H26N8O2/c1-5-6-11-32-20-21(30-23(32)29-15-25(2,3)27)31(4)24(35)33(22(20)34)14-19-18(12-26)17-10-8-7-9-16(17)13-28-19/h7-10,13H,11,14-15,27H2,1-4H3,(H,29,30). The molecule has 0 amide bonds. The van der Waals surface area contributed by atoms with Crippen LogP contribution in [0.5, 0.6) is 0 Å². The number of aryl methyl sites for hydroxylation is 1. The Morgan fingerprint density at radius 1 is 1.20 bits per heavy atom. The van der Waals surface area contributed by atoms with Crippen molar-refractivity contribution in [3.05, 3.63) is 62.6 Å². The molecular weight excluding hydrogens is 444 g/mol. The summed E-state index contributed by atoms with van der Waals surface area (Å²) in [6.45, 7) is 5.88. The van der Waals surface area contributed by atoms with Crippen LogP contribution in [0.2, 0.25) is 0 Å². The van der Waals surface area contributed by atoms with E-state index < -0.39 is 16.8 Å². The van der Waals surface area contributed by atoms with Crippen LogP contribution < -0.4 is 22.3 Å². The van der Waals surface area contributed by atoms with Gasteiger partial charge in [0, 0.05) is 36.1 Å². The number of nitriles is 1. The van der Waals surface area contributed by atoms with Crippen LogP contribution in [0.25, 0.3) is 21.9 Å². The molecule has 0 bridgehead atoms. The molecule has 0 aliphatic carbocycles. The molecular formula is C25H26N8O2. The first-order valence-corrected chi connectivity index (χ1v) is 11.1. The third kappa shape index (κ3) is 4.39. The molecule has 3 N–H and O–H groups in total. The maximum absolute atomic E-state index is 13.6. The van der Waals surface area contributed by atoms with Gasteiger partial charge in [-0.3, -0.25) is 23.5 Å². The van der Waals surface area contributed by atoms with Crippen molar-refractivity contribution in [2.24, 2.45) is 12.8 Å². The number of nitrogens with zero attached hydrogens (tertiary/aromatic N) is 6. The van der Waals surface area contributed by atoms with Gasteiger partial charge in [0.15, 0.2) is 11.2 Å². The largest absolute Gasteiger partial charge is 0.354 e. The van der Waals surface area contributed by atoms with Gasteiger partial charge in [0.05, 0.1) is 24.3 Å². The van der Waals surface area contributed by atoms with Gasteiger partial charge in [0.25, 0.3) is 5.56 Å². The van der Waals surface area contributed by atoms with Gasteiger partial charge >= 0.3 is 5.69 Å². The van der Waals surface area contributed by atoms with Gasteiger partial charge in [-0.15, -0.1) is 5.92 Å². The molecule has 10 heteroatoms. The van der Waals surface area contributed by atoms with Crippen LogP contribution in [0.15, 0.2) is 40.1 Å². The molecule has 0 saturated carbocycles. The van der Waals surface area contributed by atoms with Crippen molar-refractivity contribution in [2.45, 2.75) is 39.4 Å². The van der Waals surface area contributed by atoms with Crippen molar-refractivity contribution in [1.29, 1.82) is 5.26 Å². The number of hydrogen-bond acceptors (Lipinski definition) is 7. The lowest BCUT2D eigenvalue weighted by Gasteiger charge is -2.19. The van der Waals surface area contributed by atoms with Crippen molar-refractivity contribution in [3.8, 4) is 17.9 Å². The predicted octanol–water partition coefficient (Wildman–Crippen LogP) is 1.54. The zero-order chi connectivity index (χ0) is 25.3. The Labute approximate surface area is 201 Å². The number of fused-ring (bicyclic) bond motifs is 2. The van der Waals surface area contributed by atoms with Crippen LogP contribution >= 0.6 is 0 Å². The number of anilines is 1. The van der Waals surface area contributed by atoms with E-state index >= 15 is 0 Å². The van der Waals surface area contributed by atoms with Crippen LogP contribution in [0.1, 0.15) is 32.0 Å². The lowest BCUT2D eigenvalue weighted by Crippen LogP contribution is -2.40. The highest BCUT2D eigenvalue weighted by Crippen LogP contribution is 2.21. The molecule has 0 aliphatic rings. The summed E-state index contributed by atoms with van der Waals surface area (Å²) < 4.78 is 4.04. The monoisotopic (exact) mass is 470 g/mol. The number of nitrogens with one attached hydrogen (secondary N) is 1. The Kier molecular flexibility index (Phi) is 6.16. The van der Waals surface area contributed by atoms with E-state index in [4.69, 9.17) is 5.73 Å². The van der Waals surface area contributed by atoms with E-state index in [0.717, 1.165) is 9.95 Å². The predicted molar refractivity (Wildman–Crippen MR) is 135 cm³/mol. The Hall–Kier alpha value is -4.41. The lowest BCUT2D eigenvalue weighted by atomic mass is 10.1. The zero-order valence-corrected chi connectivity index (χ0v) is 20.1. The topological polar surface area (TPSA) is 137 Å². The molecule has 0 aliphatic heterocycles. The van der Waals surface area contributed by atoms with Gasteiger partial charge in [0.2, 0.25) is 5.95 Å². The Balaban J connectivity index is 1.93. The average Bonchev–Trinajstić information content (AvgIpc) is 3.20. The minimum atomic E-state index is -0.557. The fourth-order valence-corrected chi connectivity index (χ4v) is 3.86. The summed E-state index contributed by atoms with van der Waals surface area (Å²) >= 11 is 0. The van der Waals surface area contributed by atoms with Crippen LogP contribution in [0.4, 0.5) is 5.95 Å². The molecule has 3 aromatic heterocycles. The Bertz CT molecular complexity index is 1670. The number of rotatable bonds is 6. The molecule has 0 spiro atoms. The second-order valence-electron chi connectivity index (χ2n) is 8.97. The molecule has 0 fully saturated rings. The van der Waals surface area contributed by atoms with Crippen molar-refractivity contribution in [1.82, 2.24) is 23.7 Å². The average molecular weight is 471 g/mol. The summed E-state index contributed by atoms with van der Waals surface area (Å²) in [5.74, 6) is 6.18. The number of hydrogen-bond donors (Lipinski definition) is 2. The molecule has 0 unspecified atom stereocenters. The van der Waals surface area contributed by atoms with E-state index in [0.29, 0.717) is 29.1 Å². The molecule has 0 radical (unpaired) electrons. The third-order valence-electron chi connectivity index (χ3n) is 5.65. The fourth-order valence-electron chi connectivity index (χ4n) is 3.86. The zero-order valence-electron chi connectivity index (χ0n) is 20.1. The number of nitrogens with two attached hydrogens (primary N) is 1. The van der Waals surface area contributed by atoms with Gasteiger partial charge in [0.1, 0.15) is 6.07 Å². The fraction of sp³-hybridized carbons (Fsp3) is 0.320. The Morgan fingerprint density at radius 3 is 2.63 bits per heavy atom. The minimum absolute atomic E-state index is 0.154. The maximum Gasteiger partial charge on any atom is 0.332 e. The molecule has 35 heavy (non-hydrogen) atoms. The summed E-state index contributed by atoms with van der Waals surface area (Å²) in [5.41, 5.74) is 5.62. The Morgan fingerprint density at radius 2 is 1.94 bits per heavy atom. The summed E-state index contributed by atoms with van der Waals surface area (Å²) in [5, 5.41) is 14.5. The van der Waals surface area contributed by atoms with Crippen LogP contribution in [0, 0.1) is 23.2 Å². The molecule has 3 heterocycles. The molecule has 0 atom stereocenters. The quantitative estimate of drug-likeness (QED) is 0.408. The SMILES string of the molecule is CC#CCn1c(NCC(C)(C)N)nc2c1c(=O)n(Cc1ncc3ccccc3c1C#N)c(=O)n2C. The molecule has 4 aromatic rings. The van der Waals surface area contributed by atoms with E-state index in [9.17, 15) is 14.9 Å². The van der Waals surface area contributed by atoms with Gasteiger partial charge in [-0.05, 0) is 20.8 Å². The number of imidazole rings is 1. The summed E-state index contributed by atoms with van der Waals surface area (Å²) in [7, 11) is 1.55. The highest BCUT2D eigenvalue weighted by molar-refractivity contribution is 5.87. The van der Waals surface area contributed by atoms with E-state index in [1.54, 1.807) is 24.7 Å². The van der Waals surface area contributed by atoms with Crippen molar-refractivity contribution in [2.75, 3.05) is 11.9 Å². The number of aromatic nitrogens is 5. The molecule has 4 rings (SSSR count). The summed E-state index contributed by atoms with van der Waals surface area (Å²) in [6.07, 6.45) is 1.64. The first-order valence-electron chi connectivity index (χ1n) is 11.1. The smallest absolute Gasteiger partial charge is 0.332 e. The molecule has 0 saturated heterocycles. The van der Waals surface area contributed by atoms with E-state index in [1.807, 2.05) is 38.1 Å². The lowest BCUT2D eigenvalue weighted by molar-refractivity contribution is 0.546. The maximum atomic E-state index is 13.6.